The fourth-order valence-electron chi connectivity index (χ4n) is 3.35. The highest BCUT2D eigenvalue weighted by Crippen LogP contribution is 2.30. The number of para-hydroxylation sites is 2. The first-order chi connectivity index (χ1) is 12.7. The number of nitrogens with one attached hydrogen (secondary N) is 1. The van der Waals surface area contributed by atoms with E-state index in [1.807, 2.05) is 30.5 Å². The van der Waals surface area contributed by atoms with Crippen molar-refractivity contribution >= 4 is 11.0 Å². The molecular formula is C21H24N4O. The third-order valence-corrected chi connectivity index (χ3v) is 4.74. The molecule has 0 saturated carbocycles. The molecule has 5 nitrogen and oxygen atoms in total. The Morgan fingerprint density at radius 2 is 2.00 bits per heavy atom. The molecule has 134 valence electrons. The number of fused-ring (bicyclic) bond motifs is 2. The molecular weight excluding hydrogens is 324 g/mol. The van der Waals surface area contributed by atoms with Crippen molar-refractivity contribution in [3.05, 3.63) is 65.5 Å². The molecule has 3 aromatic rings. The van der Waals surface area contributed by atoms with Gasteiger partial charge in [0.1, 0.15) is 12.4 Å². The highest BCUT2D eigenvalue weighted by molar-refractivity contribution is 5.73. The molecule has 0 radical (unpaired) electrons. The van der Waals surface area contributed by atoms with Crippen molar-refractivity contribution in [3.8, 4) is 5.75 Å². The summed E-state index contributed by atoms with van der Waals surface area (Å²) < 4.78 is 5.89. The van der Waals surface area contributed by atoms with E-state index < -0.39 is 0 Å². The van der Waals surface area contributed by atoms with E-state index >= 15 is 0 Å². The van der Waals surface area contributed by atoms with Crippen LogP contribution in [-0.2, 0) is 6.42 Å². The van der Waals surface area contributed by atoms with Crippen LogP contribution in [0.3, 0.4) is 0 Å². The number of likely N-dealkylation sites (N-methyl/N-ethyl adjacent to an activating group) is 1. The molecule has 1 N–H and O–H groups in total. The molecule has 1 atom stereocenters. The smallest absolute Gasteiger partial charge is 0.119 e. The maximum absolute atomic E-state index is 5.89. The average Bonchev–Trinajstić information content (AvgIpc) is 2.66. The predicted octanol–water partition coefficient (Wildman–Crippen LogP) is 2.81. The lowest BCUT2D eigenvalue weighted by molar-refractivity contribution is 0.261. The van der Waals surface area contributed by atoms with Gasteiger partial charge in [0.25, 0.3) is 0 Å². The van der Waals surface area contributed by atoms with Crippen molar-refractivity contribution < 1.29 is 4.74 Å². The number of ether oxygens (including phenoxy) is 1. The normalized spacial score (nSPS) is 16.7. The monoisotopic (exact) mass is 348 g/mol. The van der Waals surface area contributed by atoms with Crippen LogP contribution in [0.1, 0.15) is 22.9 Å². The number of hydrogen-bond donors (Lipinski definition) is 1. The first-order valence-corrected chi connectivity index (χ1v) is 9.06. The van der Waals surface area contributed by atoms with Gasteiger partial charge in [-0.1, -0.05) is 18.2 Å². The summed E-state index contributed by atoms with van der Waals surface area (Å²) >= 11 is 0. The van der Waals surface area contributed by atoms with Crippen LogP contribution >= 0.6 is 0 Å². The highest BCUT2D eigenvalue weighted by atomic mass is 16.5. The zero-order chi connectivity index (χ0) is 17.9. The van der Waals surface area contributed by atoms with Gasteiger partial charge in [0, 0.05) is 13.1 Å². The van der Waals surface area contributed by atoms with Crippen LogP contribution in [0, 0.1) is 0 Å². The van der Waals surface area contributed by atoms with E-state index in [1.165, 1.54) is 11.1 Å². The van der Waals surface area contributed by atoms with Gasteiger partial charge in [-0.05, 0) is 55.9 Å². The molecule has 4 rings (SSSR count). The van der Waals surface area contributed by atoms with Gasteiger partial charge in [-0.2, -0.15) is 0 Å². The Morgan fingerprint density at radius 1 is 1.15 bits per heavy atom. The van der Waals surface area contributed by atoms with Crippen molar-refractivity contribution in [2.75, 3.05) is 33.8 Å². The lowest BCUT2D eigenvalue weighted by Gasteiger charge is -2.27. The second kappa shape index (κ2) is 7.40. The molecule has 0 amide bonds. The lowest BCUT2D eigenvalue weighted by Crippen LogP contribution is -2.31. The third kappa shape index (κ3) is 3.54. The number of rotatable bonds is 5. The molecule has 0 aliphatic carbocycles. The first kappa shape index (κ1) is 16.9. The summed E-state index contributed by atoms with van der Waals surface area (Å²) in [4.78, 5) is 11.5. The van der Waals surface area contributed by atoms with Gasteiger partial charge in [-0.25, -0.2) is 4.98 Å². The number of hydrogen-bond acceptors (Lipinski definition) is 5. The van der Waals surface area contributed by atoms with E-state index in [-0.39, 0.29) is 6.04 Å². The van der Waals surface area contributed by atoms with E-state index in [2.05, 4.69) is 47.5 Å². The lowest BCUT2D eigenvalue weighted by atomic mass is 9.92. The van der Waals surface area contributed by atoms with Crippen molar-refractivity contribution in [1.29, 1.82) is 0 Å². The van der Waals surface area contributed by atoms with Gasteiger partial charge < -0.3 is 15.0 Å². The Balaban J connectivity index is 1.60. The molecule has 0 bridgehead atoms. The van der Waals surface area contributed by atoms with E-state index in [9.17, 15) is 0 Å². The second-order valence-electron chi connectivity index (χ2n) is 6.93. The summed E-state index contributed by atoms with van der Waals surface area (Å²) in [6, 6.07) is 14.5. The van der Waals surface area contributed by atoms with Gasteiger partial charge in [0.2, 0.25) is 0 Å². The maximum atomic E-state index is 5.89. The molecule has 0 fully saturated rings. The summed E-state index contributed by atoms with van der Waals surface area (Å²) in [5.41, 5.74) is 5.41. The molecule has 2 aromatic carbocycles. The van der Waals surface area contributed by atoms with Gasteiger partial charge in [-0.15, -0.1) is 0 Å². The summed E-state index contributed by atoms with van der Waals surface area (Å²) in [6.07, 6.45) is 2.88. The van der Waals surface area contributed by atoms with Crippen LogP contribution in [-0.4, -0.2) is 48.7 Å². The molecule has 5 heteroatoms. The first-order valence-electron chi connectivity index (χ1n) is 9.06. The zero-order valence-corrected chi connectivity index (χ0v) is 15.3. The standard InChI is InChI=1S/C21H24N4O/c1-25(2)11-12-26-16-7-8-17-15(13-16)9-10-22-21(17)20-14-23-18-5-3-4-6-19(18)24-20/h3-8,13-14,21-22H,9-12H2,1-2H3. The minimum atomic E-state index is 0.0756. The fourth-order valence-corrected chi connectivity index (χ4v) is 3.35. The fraction of sp³-hybridized carbons (Fsp3) is 0.333. The quantitative estimate of drug-likeness (QED) is 0.768. The Labute approximate surface area is 154 Å². The SMILES string of the molecule is CN(C)CCOc1ccc2c(c1)CCNC2c1cnc2ccccc2n1. The largest absolute Gasteiger partial charge is 0.492 e. The van der Waals surface area contributed by atoms with Gasteiger partial charge in [0.15, 0.2) is 0 Å². The van der Waals surface area contributed by atoms with Crippen LogP contribution in [0.5, 0.6) is 5.75 Å². The van der Waals surface area contributed by atoms with Crippen molar-refractivity contribution in [3.63, 3.8) is 0 Å². The molecule has 1 unspecified atom stereocenters. The van der Waals surface area contributed by atoms with E-state index in [4.69, 9.17) is 9.72 Å². The molecule has 0 spiro atoms. The van der Waals surface area contributed by atoms with Crippen LogP contribution < -0.4 is 10.1 Å². The van der Waals surface area contributed by atoms with E-state index in [0.29, 0.717) is 6.61 Å². The number of aromatic nitrogens is 2. The Bertz CT molecular complexity index is 909. The summed E-state index contributed by atoms with van der Waals surface area (Å²) in [7, 11) is 4.11. The van der Waals surface area contributed by atoms with Crippen LogP contribution in [0.2, 0.25) is 0 Å². The van der Waals surface area contributed by atoms with Crippen LogP contribution in [0.15, 0.2) is 48.7 Å². The van der Waals surface area contributed by atoms with Crippen molar-refractivity contribution in [2.45, 2.75) is 12.5 Å². The molecule has 1 aromatic heterocycles. The number of benzene rings is 2. The highest BCUT2D eigenvalue weighted by Gasteiger charge is 2.23. The topological polar surface area (TPSA) is 50.3 Å². The Kier molecular flexibility index (Phi) is 4.82. The van der Waals surface area contributed by atoms with Crippen molar-refractivity contribution in [2.24, 2.45) is 0 Å². The average molecular weight is 348 g/mol. The maximum Gasteiger partial charge on any atom is 0.119 e. The zero-order valence-electron chi connectivity index (χ0n) is 15.3. The summed E-state index contributed by atoms with van der Waals surface area (Å²) in [6.45, 7) is 2.53. The van der Waals surface area contributed by atoms with Crippen LogP contribution in [0.25, 0.3) is 11.0 Å². The second-order valence-corrected chi connectivity index (χ2v) is 6.93. The molecule has 1 aliphatic heterocycles. The Hall–Kier alpha value is -2.50. The van der Waals surface area contributed by atoms with Gasteiger partial charge in [0.05, 0.1) is 29.0 Å². The number of nitrogens with zero attached hydrogens (tertiary/aromatic N) is 3. The molecule has 26 heavy (non-hydrogen) atoms. The summed E-state index contributed by atoms with van der Waals surface area (Å²) in [5, 5.41) is 3.58. The predicted molar refractivity (Wildman–Crippen MR) is 104 cm³/mol. The summed E-state index contributed by atoms with van der Waals surface area (Å²) in [5.74, 6) is 0.941. The van der Waals surface area contributed by atoms with Crippen molar-refractivity contribution in [1.82, 2.24) is 20.2 Å². The third-order valence-electron chi connectivity index (χ3n) is 4.74. The molecule has 0 saturated heterocycles. The van der Waals surface area contributed by atoms with Crippen LogP contribution in [0.4, 0.5) is 0 Å². The van der Waals surface area contributed by atoms with E-state index in [1.54, 1.807) is 0 Å². The minimum absolute atomic E-state index is 0.0756. The molecule has 2 heterocycles. The van der Waals surface area contributed by atoms with E-state index in [0.717, 1.165) is 42.0 Å². The molecule has 1 aliphatic rings. The van der Waals surface area contributed by atoms with Gasteiger partial charge >= 0.3 is 0 Å². The minimum Gasteiger partial charge on any atom is -0.492 e. The van der Waals surface area contributed by atoms with Gasteiger partial charge in [-0.3, -0.25) is 4.98 Å². The Morgan fingerprint density at radius 3 is 2.85 bits per heavy atom.